The summed E-state index contributed by atoms with van der Waals surface area (Å²) in [5, 5.41) is 0.659. The molecule has 0 aromatic heterocycles. The van der Waals surface area contributed by atoms with Gasteiger partial charge in [0.15, 0.2) is 5.70 Å². The minimum absolute atomic E-state index is 0.220. The first kappa shape index (κ1) is 22.3. The summed E-state index contributed by atoms with van der Waals surface area (Å²) >= 11 is 16.6. The quantitative estimate of drug-likeness (QED) is 0.217. The van der Waals surface area contributed by atoms with E-state index in [-0.39, 0.29) is 11.6 Å². The number of esters is 1. The maximum Gasteiger partial charge on any atom is 0.363 e. The summed E-state index contributed by atoms with van der Waals surface area (Å²) < 4.78 is 13.6. The molecule has 0 amide bonds. The summed E-state index contributed by atoms with van der Waals surface area (Å²) in [4.78, 5) is 16.7. The molecule has 0 atom stereocenters. The standard InChI is InChI=1S/C23H13Br3ClNO3/c24-17-7-2-1-6-16(17)22-28-20(23(29)31-22)11-14-9-18(25)21(19(26)10-14)30-12-13-4-3-5-15(27)8-13/h1-11H,12H2/b20-11-. The van der Waals surface area contributed by atoms with E-state index in [1.165, 1.54) is 0 Å². The highest BCUT2D eigenvalue weighted by atomic mass is 79.9. The molecule has 0 saturated heterocycles. The zero-order chi connectivity index (χ0) is 22.0. The first-order chi connectivity index (χ1) is 14.9. The topological polar surface area (TPSA) is 47.9 Å². The van der Waals surface area contributed by atoms with Crippen LogP contribution in [0.5, 0.6) is 5.75 Å². The van der Waals surface area contributed by atoms with Gasteiger partial charge >= 0.3 is 5.97 Å². The van der Waals surface area contributed by atoms with Crippen LogP contribution in [0.15, 0.2) is 84.8 Å². The van der Waals surface area contributed by atoms with Crippen LogP contribution in [0, 0.1) is 0 Å². The third kappa shape index (κ3) is 5.29. The molecule has 0 aliphatic carbocycles. The van der Waals surface area contributed by atoms with Gasteiger partial charge < -0.3 is 9.47 Å². The highest BCUT2D eigenvalue weighted by Gasteiger charge is 2.25. The van der Waals surface area contributed by atoms with Crippen molar-refractivity contribution in [1.82, 2.24) is 0 Å². The Morgan fingerprint density at radius 3 is 2.42 bits per heavy atom. The van der Waals surface area contributed by atoms with Crippen LogP contribution in [0.1, 0.15) is 16.7 Å². The molecule has 4 nitrogen and oxygen atoms in total. The molecule has 0 fully saturated rings. The van der Waals surface area contributed by atoms with Crippen LogP contribution in [-0.4, -0.2) is 11.9 Å². The smallest absolute Gasteiger partial charge is 0.363 e. The van der Waals surface area contributed by atoms with Crippen molar-refractivity contribution in [2.75, 3.05) is 0 Å². The number of cyclic esters (lactones) is 1. The van der Waals surface area contributed by atoms with Crippen molar-refractivity contribution in [2.24, 2.45) is 4.99 Å². The lowest BCUT2D eigenvalue weighted by Gasteiger charge is -2.11. The number of hydrogen-bond acceptors (Lipinski definition) is 4. The van der Waals surface area contributed by atoms with Crippen molar-refractivity contribution >= 4 is 77.3 Å². The van der Waals surface area contributed by atoms with Crippen LogP contribution in [-0.2, 0) is 16.1 Å². The highest BCUT2D eigenvalue weighted by Crippen LogP contribution is 2.36. The number of rotatable bonds is 5. The summed E-state index contributed by atoms with van der Waals surface area (Å²) in [6.07, 6.45) is 1.67. The fourth-order valence-corrected chi connectivity index (χ4v) is 5.02. The Labute approximate surface area is 209 Å². The molecule has 0 bridgehead atoms. The van der Waals surface area contributed by atoms with Crippen LogP contribution < -0.4 is 4.74 Å². The van der Waals surface area contributed by atoms with E-state index in [0.717, 1.165) is 24.5 Å². The molecule has 31 heavy (non-hydrogen) atoms. The largest absolute Gasteiger partial charge is 0.487 e. The minimum Gasteiger partial charge on any atom is -0.487 e. The van der Waals surface area contributed by atoms with Gasteiger partial charge in [0.05, 0.1) is 14.5 Å². The van der Waals surface area contributed by atoms with E-state index in [0.29, 0.717) is 22.9 Å². The summed E-state index contributed by atoms with van der Waals surface area (Å²) in [5.74, 6) is 0.413. The lowest BCUT2D eigenvalue weighted by Crippen LogP contribution is -2.05. The van der Waals surface area contributed by atoms with E-state index in [4.69, 9.17) is 21.1 Å². The van der Waals surface area contributed by atoms with Crippen molar-refractivity contribution in [2.45, 2.75) is 6.61 Å². The van der Waals surface area contributed by atoms with Gasteiger partial charge in [0.2, 0.25) is 5.90 Å². The van der Waals surface area contributed by atoms with Crippen LogP contribution >= 0.6 is 59.4 Å². The van der Waals surface area contributed by atoms with Gasteiger partial charge in [-0.3, -0.25) is 0 Å². The molecule has 3 aromatic carbocycles. The summed E-state index contributed by atoms with van der Waals surface area (Å²) in [7, 11) is 0. The fourth-order valence-electron chi connectivity index (χ4n) is 2.90. The number of nitrogens with zero attached hydrogens (tertiary/aromatic N) is 1. The van der Waals surface area contributed by atoms with Gasteiger partial charge in [0, 0.05) is 9.50 Å². The molecule has 1 aliphatic heterocycles. The van der Waals surface area contributed by atoms with E-state index in [1.807, 2.05) is 60.7 Å². The first-order valence-corrected chi connectivity index (χ1v) is 11.8. The normalized spacial score (nSPS) is 14.5. The van der Waals surface area contributed by atoms with E-state index < -0.39 is 5.97 Å². The number of ether oxygens (including phenoxy) is 2. The Morgan fingerprint density at radius 2 is 1.71 bits per heavy atom. The molecule has 8 heteroatoms. The van der Waals surface area contributed by atoms with Gasteiger partial charge in [-0.2, -0.15) is 0 Å². The Morgan fingerprint density at radius 1 is 0.968 bits per heavy atom. The lowest BCUT2D eigenvalue weighted by molar-refractivity contribution is -0.129. The van der Waals surface area contributed by atoms with E-state index in [2.05, 4.69) is 52.8 Å². The summed E-state index contributed by atoms with van der Waals surface area (Å²) in [6.45, 7) is 0.365. The van der Waals surface area contributed by atoms with Crippen molar-refractivity contribution in [3.05, 3.63) is 101 Å². The second kappa shape index (κ2) is 9.69. The van der Waals surface area contributed by atoms with Crippen LogP contribution in [0.25, 0.3) is 6.08 Å². The number of carbonyl (C=O) groups excluding carboxylic acids is 1. The average Bonchev–Trinajstić information content (AvgIpc) is 3.08. The van der Waals surface area contributed by atoms with Gasteiger partial charge in [-0.25, -0.2) is 9.79 Å². The van der Waals surface area contributed by atoms with E-state index >= 15 is 0 Å². The Hall–Kier alpha value is -1.93. The van der Waals surface area contributed by atoms with Gasteiger partial charge in [0.1, 0.15) is 12.4 Å². The molecular formula is C23H13Br3ClNO3. The van der Waals surface area contributed by atoms with Gasteiger partial charge in [-0.15, -0.1) is 0 Å². The molecule has 0 spiro atoms. The maximum absolute atomic E-state index is 12.3. The molecule has 4 rings (SSSR count). The van der Waals surface area contributed by atoms with Crippen molar-refractivity contribution in [3.63, 3.8) is 0 Å². The highest BCUT2D eigenvalue weighted by molar-refractivity contribution is 9.11. The third-order valence-corrected chi connectivity index (χ3v) is 6.43. The van der Waals surface area contributed by atoms with Crippen LogP contribution in [0.2, 0.25) is 5.02 Å². The second-order valence-corrected chi connectivity index (χ2v) is 9.55. The molecule has 0 radical (unpaired) electrons. The second-order valence-electron chi connectivity index (χ2n) is 6.55. The monoisotopic (exact) mass is 623 g/mol. The number of hydrogen-bond donors (Lipinski definition) is 0. The van der Waals surface area contributed by atoms with Crippen molar-refractivity contribution < 1.29 is 14.3 Å². The molecule has 1 heterocycles. The zero-order valence-electron chi connectivity index (χ0n) is 15.7. The predicted octanol–water partition coefficient (Wildman–Crippen LogP) is 7.55. The van der Waals surface area contributed by atoms with Crippen LogP contribution in [0.3, 0.4) is 0 Å². The SMILES string of the molecule is O=C1OC(c2ccccc2Br)=N/C1=C\c1cc(Br)c(OCc2cccc(Cl)c2)c(Br)c1. The number of halogens is 4. The average molecular weight is 627 g/mol. The molecule has 0 N–H and O–H groups in total. The molecule has 0 saturated carbocycles. The molecular weight excluding hydrogens is 613 g/mol. The van der Waals surface area contributed by atoms with Gasteiger partial charge in [-0.1, -0.05) is 35.9 Å². The first-order valence-electron chi connectivity index (χ1n) is 9.04. The fraction of sp³-hybridized carbons (Fsp3) is 0.0435. The molecule has 1 aliphatic rings. The zero-order valence-corrected chi connectivity index (χ0v) is 21.3. The Kier molecular flexibility index (Phi) is 6.96. The van der Waals surface area contributed by atoms with Crippen molar-refractivity contribution in [3.8, 4) is 5.75 Å². The summed E-state index contributed by atoms with van der Waals surface area (Å²) in [5.41, 5.74) is 2.65. The minimum atomic E-state index is -0.501. The lowest BCUT2D eigenvalue weighted by atomic mass is 10.2. The molecule has 156 valence electrons. The maximum atomic E-state index is 12.3. The number of aliphatic imine (C=N–C) groups is 1. The third-order valence-electron chi connectivity index (χ3n) is 4.32. The Balaban J connectivity index is 1.57. The summed E-state index contributed by atoms with van der Waals surface area (Å²) in [6, 6.07) is 18.6. The molecule has 0 unspecified atom stereocenters. The van der Waals surface area contributed by atoms with Gasteiger partial charge in [-0.05, 0) is 101 Å². The van der Waals surface area contributed by atoms with E-state index in [1.54, 1.807) is 6.08 Å². The Bertz CT molecular complexity index is 1220. The number of carbonyl (C=O) groups is 1. The van der Waals surface area contributed by atoms with E-state index in [9.17, 15) is 4.79 Å². The van der Waals surface area contributed by atoms with Crippen molar-refractivity contribution in [1.29, 1.82) is 0 Å². The van der Waals surface area contributed by atoms with Crippen LogP contribution in [0.4, 0.5) is 0 Å². The predicted molar refractivity (Wildman–Crippen MR) is 132 cm³/mol. The number of benzene rings is 3. The van der Waals surface area contributed by atoms with Gasteiger partial charge in [0.25, 0.3) is 0 Å². The molecule has 3 aromatic rings.